The molecule has 0 rings (SSSR count). The quantitative estimate of drug-likeness (QED) is 0.373. The minimum Gasteiger partial charge on any atom is -0.137 e. The number of allylic oxidation sites excluding steroid dienone is 2. The van der Waals surface area contributed by atoms with E-state index in [4.69, 9.17) is 0 Å². The van der Waals surface area contributed by atoms with E-state index >= 15 is 0 Å². The number of rotatable bonds is 5. The van der Waals surface area contributed by atoms with Gasteiger partial charge in [-0.3, -0.25) is 0 Å². The molecule has 1 unspecified atom stereocenters. The molecule has 0 bridgehead atoms. The van der Waals surface area contributed by atoms with Crippen LogP contribution in [0.5, 0.6) is 0 Å². The van der Waals surface area contributed by atoms with Crippen LogP contribution in [-0.2, 0) is 0 Å². The normalized spacial score (nSPS) is 10.9. The maximum absolute atomic E-state index is 3.12. The molecule has 0 saturated carbocycles. The van der Waals surface area contributed by atoms with E-state index in [-0.39, 0.29) is 0 Å². The first-order valence-corrected chi connectivity index (χ1v) is 7.24. The summed E-state index contributed by atoms with van der Waals surface area (Å²) in [6.45, 7) is 23.9. The van der Waals surface area contributed by atoms with Crippen molar-refractivity contribution >= 4 is 0 Å². The number of hydrogen-bond donors (Lipinski definition) is 0. The summed E-state index contributed by atoms with van der Waals surface area (Å²) in [5.74, 6) is 0.879. The standard InChI is InChI=1S/C13H26.C3H4.C2H6/c1-7-12(4)8-9-13(5,6)10-11(2)3;1-3-2;1-2/h10,12H,7-9H2,1-6H3;1-2H2;1-2H3. The van der Waals surface area contributed by atoms with E-state index in [0.29, 0.717) is 5.41 Å². The first kappa shape index (κ1) is 22.4. The summed E-state index contributed by atoms with van der Waals surface area (Å²) in [6, 6.07) is 0. The molecule has 1 atom stereocenters. The number of hydrogen-bond acceptors (Lipinski definition) is 0. The van der Waals surface area contributed by atoms with Crippen molar-refractivity contribution in [3.63, 3.8) is 0 Å². The smallest absolute Gasteiger partial charge is 0.0172 e. The van der Waals surface area contributed by atoms with Crippen molar-refractivity contribution in [2.45, 2.75) is 74.7 Å². The predicted octanol–water partition coefficient (Wildman–Crippen LogP) is 6.79. The van der Waals surface area contributed by atoms with Crippen molar-refractivity contribution in [2.24, 2.45) is 11.3 Å². The highest BCUT2D eigenvalue weighted by atomic mass is 14.2. The van der Waals surface area contributed by atoms with Crippen LogP contribution in [-0.4, -0.2) is 0 Å². The second-order valence-corrected chi connectivity index (χ2v) is 5.51. The van der Waals surface area contributed by atoms with Gasteiger partial charge in [-0.25, -0.2) is 0 Å². The Morgan fingerprint density at radius 2 is 1.61 bits per heavy atom. The Balaban J connectivity index is -0.000000389. The molecule has 0 aromatic heterocycles. The zero-order valence-electron chi connectivity index (χ0n) is 14.2. The topological polar surface area (TPSA) is 0 Å². The molecule has 0 N–H and O–H groups in total. The van der Waals surface area contributed by atoms with Gasteiger partial charge in [0.15, 0.2) is 0 Å². The summed E-state index contributed by atoms with van der Waals surface area (Å²) in [7, 11) is 0. The molecule has 0 spiro atoms. The minimum absolute atomic E-state index is 0.391. The molecule has 0 heterocycles. The second-order valence-electron chi connectivity index (χ2n) is 5.51. The van der Waals surface area contributed by atoms with Gasteiger partial charge in [0.1, 0.15) is 0 Å². The van der Waals surface area contributed by atoms with Crippen LogP contribution in [0.2, 0.25) is 0 Å². The van der Waals surface area contributed by atoms with Crippen LogP contribution in [0, 0.1) is 11.3 Å². The van der Waals surface area contributed by atoms with Crippen LogP contribution in [0.15, 0.2) is 30.5 Å². The minimum atomic E-state index is 0.391. The van der Waals surface area contributed by atoms with Crippen molar-refractivity contribution in [3.05, 3.63) is 30.5 Å². The highest BCUT2D eigenvalue weighted by Gasteiger charge is 2.15. The van der Waals surface area contributed by atoms with Crippen molar-refractivity contribution in [2.75, 3.05) is 0 Å². The summed E-state index contributed by atoms with van der Waals surface area (Å²) in [5, 5.41) is 0. The molecule has 18 heavy (non-hydrogen) atoms. The van der Waals surface area contributed by atoms with Crippen molar-refractivity contribution in [1.29, 1.82) is 0 Å². The Labute approximate surface area is 117 Å². The van der Waals surface area contributed by atoms with Crippen LogP contribution in [0.1, 0.15) is 74.7 Å². The monoisotopic (exact) mass is 252 g/mol. The highest BCUT2D eigenvalue weighted by Crippen LogP contribution is 2.28. The van der Waals surface area contributed by atoms with Gasteiger partial charge >= 0.3 is 0 Å². The SMILES string of the molecule is C=C=C.CC.CCC(C)CCC(C)(C)C=C(C)C. The fourth-order valence-electron chi connectivity index (χ4n) is 1.68. The van der Waals surface area contributed by atoms with Crippen molar-refractivity contribution in [1.82, 2.24) is 0 Å². The lowest BCUT2D eigenvalue weighted by atomic mass is 9.83. The Hall–Kier alpha value is -0.740. The van der Waals surface area contributed by atoms with E-state index in [1.54, 1.807) is 0 Å². The molecule has 0 aliphatic rings. The first-order chi connectivity index (χ1) is 8.29. The van der Waals surface area contributed by atoms with E-state index in [9.17, 15) is 0 Å². The van der Waals surface area contributed by atoms with Crippen LogP contribution < -0.4 is 0 Å². The van der Waals surface area contributed by atoms with E-state index in [1.807, 2.05) is 13.8 Å². The van der Waals surface area contributed by atoms with Crippen LogP contribution in [0.4, 0.5) is 0 Å². The maximum Gasteiger partial charge on any atom is -0.0172 e. The van der Waals surface area contributed by atoms with Gasteiger partial charge in [0.25, 0.3) is 0 Å². The molecular weight excluding hydrogens is 216 g/mol. The van der Waals surface area contributed by atoms with Gasteiger partial charge in [-0.1, -0.05) is 72.8 Å². The van der Waals surface area contributed by atoms with E-state index in [0.717, 1.165) is 5.92 Å². The first-order valence-electron chi connectivity index (χ1n) is 7.24. The lowest BCUT2D eigenvalue weighted by Crippen LogP contribution is -2.10. The third-order valence-corrected chi connectivity index (χ3v) is 2.66. The Bertz CT molecular complexity index is 220. The predicted molar refractivity (Wildman–Crippen MR) is 88.0 cm³/mol. The van der Waals surface area contributed by atoms with Gasteiger partial charge in [-0.05, 0) is 38.0 Å². The molecule has 0 fully saturated rings. The largest absolute Gasteiger partial charge is 0.137 e. The summed E-state index contributed by atoms with van der Waals surface area (Å²) in [4.78, 5) is 0. The summed E-state index contributed by atoms with van der Waals surface area (Å²) in [6.07, 6.45) is 6.38. The van der Waals surface area contributed by atoms with Gasteiger partial charge in [-0.15, -0.1) is 5.73 Å². The Morgan fingerprint density at radius 3 is 1.89 bits per heavy atom. The molecule has 0 saturated heterocycles. The molecule has 0 aliphatic heterocycles. The summed E-state index contributed by atoms with van der Waals surface area (Å²) in [5.41, 5.74) is 4.08. The third-order valence-electron chi connectivity index (χ3n) is 2.66. The van der Waals surface area contributed by atoms with Crippen LogP contribution in [0.3, 0.4) is 0 Å². The molecule has 0 amide bonds. The highest BCUT2D eigenvalue weighted by molar-refractivity contribution is 5.02. The molecule has 0 nitrogen and oxygen atoms in total. The van der Waals surface area contributed by atoms with Gasteiger partial charge in [0.05, 0.1) is 0 Å². The molecule has 0 aliphatic carbocycles. The summed E-state index contributed by atoms with van der Waals surface area (Å²) >= 11 is 0. The van der Waals surface area contributed by atoms with E-state index < -0.39 is 0 Å². The molecular formula is C18H36. The molecule has 0 aromatic carbocycles. The molecule has 108 valence electrons. The van der Waals surface area contributed by atoms with Gasteiger partial charge in [0.2, 0.25) is 0 Å². The Morgan fingerprint density at radius 1 is 1.22 bits per heavy atom. The van der Waals surface area contributed by atoms with Gasteiger partial charge < -0.3 is 0 Å². The zero-order chi connectivity index (χ0) is 15.2. The third kappa shape index (κ3) is 20.6. The van der Waals surface area contributed by atoms with E-state index in [1.165, 1.54) is 24.8 Å². The Kier molecular flexibility index (Phi) is 17.9. The van der Waals surface area contributed by atoms with E-state index in [2.05, 4.69) is 66.5 Å². The van der Waals surface area contributed by atoms with Crippen LogP contribution in [0.25, 0.3) is 0 Å². The fraction of sp³-hybridized carbons (Fsp3) is 0.722. The van der Waals surface area contributed by atoms with Gasteiger partial charge in [0, 0.05) is 0 Å². The average molecular weight is 252 g/mol. The average Bonchev–Trinajstić information content (AvgIpc) is 2.28. The molecule has 0 radical (unpaired) electrons. The van der Waals surface area contributed by atoms with Crippen LogP contribution >= 0.6 is 0 Å². The second kappa shape index (κ2) is 14.3. The lowest BCUT2D eigenvalue weighted by molar-refractivity contribution is 0.365. The molecule has 0 aromatic rings. The molecule has 0 heteroatoms. The van der Waals surface area contributed by atoms with Gasteiger partial charge in [-0.2, -0.15) is 0 Å². The summed E-state index contributed by atoms with van der Waals surface area (Å²) < 4.78 is 0. The maximum atomic E-state index is 3.12. The lowest BCUT2D eigenvalue weighted by Gasteiger charge is -2.22. The van der Waals surface area contributed by atoms with Crippen molar-refractivity contribution in [3.8, 4) is 0 Å². The zero-order valence-corrected chi connectivity index (χ0v) is 14.2. The fourth-order valence-corrected chi connectivity index (χ4v) is 1.68. The van der Waals surface area contributed by atoms with Crippen molar-refractivity contribution < 1.29 is 0 Å².